The van der Waals surface area contributed by atoms with E-state index in [0.29, 0.717) is 0 Å². The van der Waals surface area contributed by atoms with E-state index in [1.54, 1.807) is 0 Å². The Balaban J connectivity index is 0.00000144. The maximum Gasteiger partial charge on any atom is 0 e. The van der Waals surface area contributed by atoms with E-state index in [1.807, 2.05) is 36.4 Å². The zero-order chi connectivity index (χ0) is 11.4. The normalized spacial score (nSPS) is 9.18. The van der Waals surface area contributed by atoms with Crippen LogP contribution >= 0.6 is 0 Å². The van der Waals surface area contributed by atoms with Gasteiger partial charge in [0.1, 0.15) is 0 Å². The van der Waals surface area contributed by atoms with Crippen LogP contribution in [0.25, 0.3) is 11.1 Å². The first-order valence-corrected chi connectivity index (χ1v) is 5.28. The third-order valence-electron chi connectivity index (χ3n) is 2.61. The van der Waals surface area contributed by atoms with E-state index in [0.717, 1.165) is 22.3 Å². The van der Waals surface area contributed by atoms with Crippen molar-refractivity contribution in [3.05, 3.63) is 84.9 Å². The minimum absolute atomic E-state index is 0. The van der Waals surface area contributed by atoms with Crippen molar-refractivity contribution in [1.82, 2.24) is 0 Å². The van der Waals surface area contributed by atoms with Crippen LogP contribution < -0.4 is 0 Å². The quantitative estimate of drug-likeness (QED) is 0.562. The summed E-state index contributed by atoms with van der Waals surface area (Å²) in [6.07, 6.45) is 0. The Morgan fingerprint density at radius 1 is 0.588 bits per heavy atom. The fourth-order valence-electron chi connectivity index (χ4n) is 1.63. The first-order chi connectivity index (χ1) is 7.79. The predicted molar refractivity (Wildman–Crippen MR) is 71.0 cm³/mol. The fourth-order valence-corrected chi connectivity index (χ4v) is 1.63. The van der Waals surface area contributed by atoms with Gasteiger partial charge in [-0.15, -0.1) is 0 Å². The average Bonchev–Trinajstić information content (AvgIpc) is 2.39. The molecule has 0 spiro atoms. The molecule has 0 aromatic heterocycles. The molecule has 0 saturated carbocycles. The second-order valence-electron chi connectivity index (χ2n) is 3.69. The van der Waals surface area contributed by atoms with Crippen LogP contribution in [0.15, 0.2) is 73.8 Å². The molecule has 0 aliphatic rings. The molecule has 0 aliphatic heterocycles. The summed E-state index contributed by atoms with van der Waals surface area (Å²) in [6, 6.07) is 20.3. The van der Waals surface area contributed by atoms with Gasteiger partial charge in [-0.25, -0.2) is 0 Å². The van der Waals surface area contributed by atoms with Crippen molar-refractivity contribution < 1.29 is 21.7 Å². The molecule has 0 aliphatic carbocycles. The van der Waals surface area contributed by atoms with Gasteiger partial charge in [0.25, 0.3) is 0 Å². The van der Waals surface area contributed by atoms with Gasteiger partial charge in [0.15, 0.2) is 0 Å². The van der Waals surface area contributed by atoms with Crippen molar-refractivity contribution in [2.24, 2.45) is 0 Å². The van der Waals surface area contributed by atoms with E-state index < -0.39 is 0 Å². The van der Waals surface area contributed by atoms with Crippen LogP contribution in [0.3, 0.4) is 0 Å². The Labute approximate surface area is 118 Å². The Bertz CT molecular complexity index is 448. The molecule has 0 heterocycles. The molecule has 0 amide bonds. The number of hydrogen-bond donors (Lipinski definition) is 0. The van der Waals surface area contributed by atoms with Crippen LogP contribution in [0.2, 0.25) is 0 Å². The fraction of sp³-hybridized carbons (Fsp3) is 0. The summed E-state index contributed by atoms with van der Waals surface area (Å²) in [7, 11) is 0. The summed E-state index contributed by atoms with van der Waals surface area (Å²) < 4.78 is 0. The van der Waals surface area contributed by atoms with Crippen LogP contribution in [0.1, 0.15) is 11.1 Å². The SMILES string of the molecule is C=C(C(=C)c1ccccc1)c1ccccc1.[Ti]. The molecule has 0 bridgehead atoms. The molecule has 0 radical (unpaired) electrons. The summed E-state index contributed by atoms with van der Waals surface area (Å²) in [6.45, 7) is 8.20. The van der Waals surface area contributed by atoms with E-state index in [2.05, 4.69) is 37.4 Å². The summed E-state index contributed by atoms with van der Waals surface area (Å²) in [5.41, 5.74) is 4.20. The van der Waals surface area contributed by atoms with Crippen molar-refractivity contribution in [2.45, 2.75) is 0 Å². The Hall–Kier alpha value is -1.37. The van der Waals surface area contributed by atoms with Crippen LogP contribution in [0.4, 0.5) is 0 Å². The molecule has 0 atom stereocenters. The van der Waals surface area contributed by atoms with Crippen molar-refractivity contribution >= 4 is 11.1 Å². The smallest absolute Gasteiger partial charge is 0 e. The second kappa shape index (κ2) is 6.39. The first kappa shape index (κ1) is 13.7. The van der Waals surface area contributed by atoms with Gasteiger partial charge in [-0.1, -0.05) is 73.8 Å². The van der Waals surface area contributed by atoms with Gasteiger partial charge >= 0.3 is 0 Å². The number of rotatable bonds is 3. The average molecular weight is 254 g/mol. The molecule has 0 saturated heterocycles. The molecule has 1 heteroatoms. The van der Waals surface area contributed by atoms with Crippen molar-refractivity contribution in [1.29, 1.82) is 0 Å². The Morgan fingerprint density at radius 2 is 0.882 bits per heavy atom. The number of hydrogen-bond acceptors (Lipinski definition) is 0. The van der Waals surface area contributed by atoms with Crippen molar-refractivity contribution in [3.8, 4) is 0 Å². The standard InChI is InChI=1S/C16H14.Ti/c1-13(15-9-5-3-6-10-15)14(2)16-11-7-4-8-12-16;/h3-12H,1-2H2;. The van der Waals surface area contributed by atoms with Gasteiger partial charge in [0, 0.05) is 21.7 Å². The van der Waals surface area contributed by atoms with Crippen molar-refractivity contribution in [3.63, 3.8) is 0 Å². The van der Waals surface area contributed by atoms with E-state index >= 15 is 0 Å². The van der Waals surface area contributed by atoms with E-state index in [1.165, 1.54) is 0 Å². The van der Waals surface area contributed by atoms with Gasteiger partial charge in [0.2, 0.25) is 0 Å². The van der Waals surface area contributed by atoms with Crippen LogP contribution in [0, 0.1) is 0 Å². The number of allylic oxidation sites excluding steroid dienone is 2. The van der Waals surface area contributed by atoms with Crippen LogP contribution in [-0.2, 0) is 21.7 Å². The van der Waals surface area contributed by atoms with E-state index in [9.17, 15) is 0 Å². The third-order valence-corrected chi connectivity index (χ3v) is 2.61. The third kappa shape index (κ3) is 3.29. The van der Waals surface area contributed by atoms with E-state index in [4.69, 9.17) is 0 Å². The summed E-state index contributed by atoms with van der Waals surface area (Å²) in [4.78, 5) is 0. The summed E-state index contributed by atoms with van der Waals surface area (Å²) >= 11 is 0. The molecule has 17 heavy (non-hydrogen) atoms. The van der Waals surface area contributed by atoms with Gasteiger partial charge < -0.3 is 0 Å². The van der Waals surface area contributed by atoms with Crippen LogP contribution in [0.5, 0.6) is 0 Å². The Morgan fingerprint density at radius 3 is 1.18 bits per heavy atom. The minimum Gasteiger partial charge on any atom is -0.0906 e. The molecule has 0 unspecified atom stereocenters. The molecular weight excluding hydrogens is 240 g/mol. The molecule has 0 N–H and O–H groups in total. The first-order valence-electron chi connectivity index (χ1n) is 5.28. The monoisotopic (exact) mass is 254 g/mol. The van der Waals surface area contributed by atoms with E-state index in [-0.39, 0.29) is 21.7 Å². The maximum atomic E-state index is 4.10. The largest absolute Gasteiger partial charge is 0.0906 e. The maximum absolute atomic E-state index is 4.10. The molecule has 82 valence electrons. The predicted octanol–water partition coefficient (Wildman–Crippen LogP) is 4.41. The summed E-state index contributed by atoms with van der Waals surface area (Å²) in [5.74, 6) is 0. The van der Waals surface area contributed by atoms with Crippen molar-refractivity contribution in [2.75, 3.05) is 0 Å². The summed E-state index contributed by atoms with van der Waals surface area (Å²) in [5, 5.41) is 0. The molecule has 0 fully saturated rings. The zero-order valence-electron chi connectivity index (χ0n) is 9.69. The second-order valence-corrected chi connectivity index (χ2v) is 3.69. The Kier molecular flexibility index (Phi) is 5.15. The molecule has 2 rings (SSSR count). The van der Waals surface area contributed by atoms with Gasteiger partial charge in [0.05, 0.1) is 0 Å². The molecule has 2 aromatic rings. The van der Waals surface area contributed by atoms with Gasteiger partial charge in [-0.3, -0.25) is 0 Å². The topological polar surface area (TPSA) is 0 Å². The van der Waals surface area contributed by atoms with Crippen LogP contribution in [-0.4, -0.2) is 0 Å². The molecule has 2 aromatic carbocycles. The van der Waals surface area contributed by atoms with Gasteiger partial charge in [-0.2, -0.15) is 0 Å². The molecule has 0 nitrogen and oxygen atoms in total. The minimum atomic E-state index is 0. The molecular formula is C16H14Ti. The number of benzene rings is 2. The zero-order valence-corrected chi connectivity index (χ0v) is 11.2. The van der Waals surface area contributed by atoms with Gasteiger partial charge in [-0.05, 0) is 22.3 Å².